The van der Waals surface area contributed by atoms with Crippen molar-refractivity contribution in [1.82, 2.24) is 19.9 Å². The van der Waals surface area contributed by atoms with Crippen molar-refractivity contribution in [1.29, 1.82) is 0 Å². The number of ketones is 1. The van der Waals surface area contributed by atoms with Crippen LogP contribution in [0.4, 0.5) is 22.4 Å². The van der Waals surface area contributed by atoms with Crippen LogP contribution in [0, 0.1) is 17.7 Å². The number of aromatic nitrogens is 1. The summed E-state index contributed by atoms with van der Waals surface area (Å²) in [6.07, 6.45) is 2.24. The quantitative estimate of drug-likeness (QED) is 0.287. The summed E-state index contributed by atoms with van der Waals surface area (Å²) in [5, 5.41) is 5.80. The SMILES string of the molecule is COC(=O)N[C@H](C(=O)C[C@H]1CCCC[C@@H]1CC[C@H]1CN[C@@H]2CCCS(=O)(=O)N1C2)[C@H](c1cncc(C(F)(F)F)c1)c1ccc(Cl)c(F)c1. The molecule has 0 spiro atoms. The van der Waals surface area contributed by atoms with Crippen LogP contribution < -0.4 is 10.6 Å². The molecule has 3 fully saturated rings. The Morgan fingerprint density at radius 1 is 1.08 bits per heavy atom. The number of sulfonamides is 1. The summed E-state index contributed by atoms with van der Waals surface area (Å²) in [4.78, 5) is 30.6. The smallest absolute Gasteiger partial charge is 0.417 e. The summed E-state index contributed by atoms with van der Waals surface area (Å²) >= 11 is 5.92. The summed E-state index contributed by atoms with van der Waals surface area (Å²) in [6, 6.07) is 3.05. The first-order valence-electron chi connectivity index (χ1n) is 16.3. The molecule has 9 nitrogen and oxygen atoms in total. The predicted molar refractivity (Wildman–Crippen MR) is 171 cm³/mol. The second kappa shape index (κ2) is 15.4. The number of fused-ring (bicyclic) bond motifs is 2. The molecule has 1 aromatic heterocycles. The molecule has 264 valence electrons. The molecule has 1 aromatic carbocycles. The Labute approximate surface area is 283 Å². The minimum absolute atomic E-state index is 0.00525. The molecular weight excluding hydrogens is 676 g/mol. The van der Waals surface area contributed by atoms with Crippen LogP contribution >= 0.6 is 11.6 Å². The van der Waals surface area contributed by atoms with E-state index in [1.165, 1.54) is 12.1 Å². The molecule has 0 radical (unpaired) electrons. The first-order valence-corrected chi connectivity index (χ1v) is 18.3. The number of halogens is 5. The number of carbonyl (C=O) groups is 2. The number of methoxy groups -OCH3 is 1. The predicted octanol–water partition coefficient (Wildman–Crippen LogP) is 6.06. The second-order valence-electron chi connectivity index (χ2n) is 13.1. The number of hydrogen-bond donors (Lipinski definition) is 2. The van der Waals surface area contributed by atoms with Crippen molar-refractivity contribution in [2.45, 2.75) is 88.0 Å². The fourth-order valence-electron chi connectivity index (χ4n) is 7.57. The van der Waals surface area contributed by atoms with E-state index in [0.29, 0.717) is 38.5 Å². The minimum Gasteiger partial charge on any atom is -0.453 e. The maximum absolute atomic E-state index is 14.8. The van der Waals surface area contributed by atoms with Crippen LogP contribution in [0.15, 0.2) is 36.7 Å². The highest BCUT2D eigenvalue weighted by Crippen LogP contribution is 2.40. The maximum Gasteiger partial charge on any atom is 0.417 e. The number of nitrogens with one attached hydrogen (secondary N) is 2. The normalized spacial score (nSPS) is 26.9. The van der Waals surface area contributed by atoms with Gasteiger partial charge in [-0.1, -0.05) is 36.9 Å². The van der Waals surface area contributed by atoms with Crippen LogP contribution in [0.3, 0.4) is 0 Å². The van der Waals surface area contributed by atoms with Gasteiger partial charge in [-0.2, -0.15) is 17.5 Å². The summed E-state index contributed by atoms with van der Waals surface area (Å²) in [6.45, 7) is 1.02. The molecule has 3 aliphatic rings. The van der Waals surface area contributed by atoms with E-state index in [9.17, 15) is 35.6 Å². The number of hydrogen-bond acceptors (Lipinski definition) is 7. The van der Waals surface area contributed by atoms with Crippen LogP contribution in [-0.2, 0) is 25.7 Å². The topological polar surface area (TPSA) is 118 Å². The van der Waals surface area contributed by atoms with Gasteiger partial charge in [-0.3, -0.25) is 9.78 Å². The lowest BCUT2D eigenvalue weighted by molar-refractivity contribution is -0.137. The Morgan fingerprint density at radius 3 is 2.54 bits per heavy atom. The number of nitrogens with zero attached hydrogens (tertiary/aromatic N) is 2. The van der Waals surface area contributed by atoms with Gasteiger partial charge in [0, 0.05) is 49.9 Å². The number of alkyl carbamates (subject to hydrolysis) is 1. The molecule has 2 bridgehead atoms. The van der Waals surface area contributed by atoms with Crippen LogP contribution in [0.2, 0.25) is 5.02 Å². The van der Waals surface area contributed by atoms with Crippen LogP contribution in [0.1, 0.15) is 80.4 Å². The van der Waals surface area contributed by atoms with Gasteiger partial charge < -0.3 is 15.4 Å². The Kier molecular flexibility index (Phi) is 11.7. The van der Waals surface area contributed by atoms with Gasteiger partial charge >= 0.3 is 12.3 Å². The lowest BCUT2D eigenvalue weighted by Crippen LogP contribution is -2.57. The molecule has 1 unspecified atom stereocenters. The van der Waals surface area contributed by atoms with E-state index in [-0.39, 0.29) is 52.2 Å². The van der Waals surface area contributed by atoms with E-state index in [0.717, 1.165) is 57.5 Å². The molecule has 1 aliphatic carbocycles. The summed E-state index contributed by atoms with van der Waals surface area (Å²) in [7, 11) is -2.25. The second-order valence-corrected chi connectivity index (χ2v) is 15.6. The number of amides is 1. The van der Waals surface area contributed by atoms with Gasteiger partial charge in [0.15, 0.2) is 5.78 Å². The van der Waals surface area contributed by atoms with E-state index in [1.54, 1.807) is 4.31 Å². The van der Waals surface area contributed by atoms with Crippen molar-refractivity contribution in [3.63, 3.8) is 0 Å². The molecular formula is C33H41ClF4N4O5S. The zero-order valence-corrected chi connectivity index (χ0v) is 28.2. The molecule has 1 saturated carbocycles. The van der Waals surface area contributed by atoms with E-state index in [2.05, 4.69) is 15.6 Å². The molecule has 2 aromatic rings. The third-order valence-corrected chi connectivity index (χ3v) is 12.3. The van der Waals surface area contributed by atoms with Crippen molar-refractivity contribution in [2.75, 3.05) is 26.0 Å². The van der Waals surface area contributed by atoms with Gasteiger partial charge in [0.05, 0.1) is 23.4 Å². The number of benzene rings is 1. The van der Waals surface area contributed by atoms with Crippen LogP contribution in [0.5, 0.6) is 0 Å². The number of piperazine rings is 1. The summed E-state index contributed by atoms with van der Waals surface area (Å²) in [5.41, 5.74) is -0.996. The van der Waals surface area contributed by atoms with E-state index < -0.39 is 51.4 Å². The van der Waals surface area contributed by atoms with Gasteiger partial charge in [0.25, 0.3) is 0 Å². The molecule has 1 amide bonds. The standard InChI is InChI=1S/C33H41ClF4N4O5S/c1-47-32(44)41-31(30(22-9-11-27(34)28(35)14-22)23-13-24(17-39-16-23)33(36,37)38)29(43)15-21-6-3-2-5-20(21)8-10-26-18-40-25-7-4-12-48(45,46)42(26)19-25/h9,11,13-14,16-17,20-21,25-26,30-31,40H,2-8,10,12,15,18-19H2,1H3,(H,41,44)/t20-,21-,25-,26+,30+,31-/m1/s1. The molecule has 15 heteroatoms. The highest BCUT2D eigenvalue weighted by Gasteiger charge is 2.41. The Bertz CT molecular complexity index is 1580. The molecule has 5 rings (SSSR count). The fourth-order valence-corrected chi connectivity index (χ4v) is 9.50. The minimum atomic E-state index is -4.75. The van der Waals surface area contributed by atoms with Gasteiger partial charge in [-0.15, -0.1) is 0 Å². The third-order valence-electron chi connectivity index (χ3n) is 10.1. The van der Waals surface area contributed by atoms with Crippen molar-refractivity contribution >= 4 is 33.5 Å². The molecule has 2 aliphatic heterocycles. The summed E-state index contributed by atoms with van der Waals surface area (Å²) in [5.74, 6) is -2.43. The number of alkyl halides is 3. The maximum atomic E-state index is 14.8. The Morgan fingerprint density at radius 2 is 1.83 bits per heavy atom. The third kappa shape index (κ3) is 8.67. The number of Topliss-reactive ketones (excluding diaryl/α,β-unsaturated/α-hetero) is 1. The van der Waals surface area contributed by atoms with Crippen LogP contribution in [-0.4, -0.2) is 73.7 Å². The average Bonchev–Trinajstić information content (AvgIpc) is 3.16. The monoisotopic (exact) mass is 716 g/mol. The fraction of sp³-hybridized carbons (Fsp3) is 0.606. The molecule has 7 atom stereocenters. The highest BCUT2D eigenvalue weighted by molar-refractivity contribution is 7.89. The van der Waals surface area contributed by atoms with Crippen molar-refractivity contribution in [2.24, 2.45) is 11.8 Å². The Hall–Kier alpha value is -2.81. The van der Waals surface area contributed by atoms with Gasteiger partial charge in [-0.05, 0) is 73.3 Å². The zero-order chi connectivity index (χ0) is 34.6. The summed E-state index contributed by atoms with van der Waals surface area (Å²) < 4.78 is 88.5. The van der Waals surface area contributed by atoms with Gasteiger partial charge in [-0.25, -0.2) is 17.6 Å². The lowest BCUT2D eigenvalue weighted by atomic mass is 9.72. The molecule has 48 heavy (non-hydrogen) atoms. The van der Waals surface area contributed by atoms with E-state index in [1.807, 2.05) is 0 Å². The number of pyridine rings is 1. The first kappa shape index (κ1) is 36.5. The van der Waals surface area contributed by atoms with Gasteiger partial charge in [0.1, 0.15) is 11.9 Å². The van der Waals surface area contributed by atoms with Gasteiger partial charge in [0.2, 0.25) is 10.0 Å². The number of carbonyl (C=O) groups excluding carboxylic acids is 2. The number of ether oxygens (including phenoxy) is 1. The molecule has 3 heterocycles. The van der Waals surface area contributed by atoms with Crippen molar-refractivity contribution in [3.8, 4) is 0 Å². The first-order chi connectivity index (χ1) is 22.8. The molecule has 2 N–H and O–H groups in total. The Balaban J connectivity index is 1.41. The molecule has 2 saturated heterocycles. The number of rotatable bonds is 10. The van der Waals surface area contributed by atoms with Crippen molar-refractivity contribution in [3.05, 3.63) is 64.2 Å². The zero-order valence-electron chi connectivity index (χ0n) is 26.6. The van der Waals surface area contributed by atoms with Crippen LogP contribution in [0.25, 0.3) is 0 Å². The van der Waals surface area contributed by atoms with E-state index >= 15 is 0 Å². The largest absolute Gasteiger partial charge is 0.453 e. The van der Waals surface area contributed by atoms with Crippen molar-refractivity contribution < 1.29 is 40.3 Å². The van der Waals surface area contributed by atoms with E-state index in [4.69, 9.17) is 16.3 Å². The lowest BCUT2D eigenvalue weighted by Gasteiger charge is -2.39. The highest BCUT2D eigenvalue weighted by atomic mass is 35.5. The average molecular weight is 717 g/mol.